The van der Waals surface area contributed by atoms with Crippen LogP contribution < -0.4 is 9.64 Å². The lowest BCUT2D eigenvalue weighted by molar-refractivity contribution is -0.116. The number of carbonyl (C=O) groups is 1. The van der Waals surface area contributed by atoms with Crippen molar-refractivity contribution in [1.29, 1.82) is 0 Å². The number of thioether (sulfide) groups is 1. The van der Waals surface area contributed by atoms with Crippen LogP contribution in [0.25, 0.3) is 16.5 Å². The van der Waals surface area contributed by atoms with Gasteiger partial charge in [-0.15, -0.1) is 0 Å². The summed E-state index contributed by atoms with van der Waals surface area (Å²) in [5, 5.41) is 1.56. The van der Waals surface area contributed by atoms with E-state index in [1.165, 1.54) is 17.3 Å². The van der Waals surface area contributed by atoms with Gasteiger partial charge >= 0.3 is 0 Å². The van der Waals surface area contributed by atoms with Crippen molar-refractivity contribution in [3.63, 3.8) is 0 Å². The predicted molar refractivity (Wildman–Crippen MR) is 123 cm³/mol. The number of para-hydroxylation sites is 1. The number of aryl methyl sites for hydroxylation is 1. The Hall–Kier alpha value is -2.86. The molecular weight excluding hydrogens is 394 g/mol. The summed E-state index contributed by atoms with van der Waals surface area (Å²) in [6.45, 7) is 8.18. The van der Waals surface area contributed by atoms with E-state index in [-0.39, 0.29) is 11.7 Å². The van der Waals surface area contributed by atoms with Gasteiger partial charge in [0.2, 0.25) is 5.91 Å². The van der Waals surface area contributed by atoms with E-state index in [0.717, 1.165) is 33.6 Å². The molecule has 1 aliphatic rings. The minimum absolute atomic E-state index is 0.0391. The number of anilines is 1. The van der Waals surface area contributed by atoms with Crippen LogP contribution in [0.5, 0.6) is 5.75 Å². The van der Waals surface area contributed by atoms with Gasteiger partial charge in [-0.2, -0.15) is 0 Å². The summed E-state index contributed by atoms with van der Waals surface area (Å²) < 4.78 is 5.29. The van der Waals surface area contributed by atoms with Crippen LogP contribution >= 0.6 is 11.8 Å². The zero-order chi connectivity index (χ0) is 21.5. The number of amides is 1. The average Bonchev–Trinajstić information content (AvgIpc) is 2.71. The lowest BCUT2D eigenvalue weighted by Crippen LogP contribution is -2.49. The first-order valence-corrected chi connectivity index (χ1v) is 10.9. The predicted octanol–water partition coefficient (Wildman–Crippen LogP) is 5.27. The normalized spacial score (nSPS) is 15.0. The van der Waals surface area contributed by atoms with E-state index in [2.05, 4.69) is 42.9 Å². The molecule has 3 aromatic rings. The summed E-state index contributed by atoms with van der Waals surface area (Å²) in [6, 6.07) is 13.8. The molecule has 0 saturated carbocycles. The second-order valence-electron chi connectivity index (χ2n) is 7.99. The summed E-state index contributed by atoms with van der Waals surface area (Å²) in [4.78, 5) is 24.4. The Balaban J connectivity index is 1.59. The molecule has 0 fully saturated rings. The van der Waals surface area contributed by atoms with Gasteiger partial charge in [-0.3, -0.25) is 4.79 Å². The first kappa shape index (κ1) is 20.4. The van der Waals surface area contributed by atoms with E-state index in [0.29, 0.717) is 5.16 Å². The molecule has 1 aliphatic heterocycles. The van der Waals surface area contributed by atoms with Crippen molar-refractivity contribution in [3.05, 3.63) is 59.8 Å². The first-order chi connectivity index (χ1) is 14.3. The zero-order valence-electron chi connectivity index (χ0n) is 17.9. The maximum atomic E-state index is 13.3. The molecule has 0 saturated heterocycles. The lowest BCUT2D eigenvalue weighted by Gasteiger charge is -2.41. The molecule has 0 aliphatic carbocycles. The van der Waals surface area contributed by atoms with E-state index < -0.39 is 5.54 Å². The van der Waals surface area contributed by atoms with Crippen LogP contribution in [0.3, 0.4) is 0 Å². The summed E-state index contributed by atoms with van der Waals surface area (Å²) in [5.41, 5.74) is 4.57. The van der Waals surface area contributed by atoms with Crippen molar-refractivity contribution >= 4 is 39.8 Å². The Morgan fingerprint density at radius 1 is 1.13 bits per heavy atom. The molecule has 4 rings (SSSR count). The number of fused-ring (bicyclic) bond motifs is 2. The smallest absolute Gasteiger partial charge is 0.238 e. The minimum Gasteiger partial charge on any atom is -0.497 e. The summed E-state index contributed by atoms with van der Waals surface area (Å²) in [7, 11) is 1.64. The van der Waals surface area contributed by atoms with Gasteiger partial charge in [0.1, 0.15) is 5.75 Å². The second kappa shape index (κ2) is 7.76. The van der Waals surface area contributed by atoms with Crippen LogP contribution in [0.1, 0.15) is 32.0 Å². The molecule has 0 radical (unpaired) electrons. The van der Waals surface area contributed by atoms with E-state index >= 15 is 0 Å². The lowest BCUT2D eigenvalue weighted by atomic mass is 9.89. The highest BCUT2D eigenvalue weighted by Crippen LogP contribution is 2.39. The highest BCUT2D eigenvalue weighted by atomic mass is 32.2. The minimum atomic E-state index is -0.396. The number of benzene rings is 2. The fourth-order valence-corrected chi connectivity index (χ4v) is 4.80. The molecule has 0 bridgehead atoms. The molecule has 0 spiro atoms. The highest BCUT2D eigenvalue weighted by molar-refractivity contribution is 7.99. The SMILES string of the molecule is COc1ccc2nc(SCC(=O)N3c4ccccc4C(C)=CC3(C)C)nc(C)c2c1. The molecule has 5 nitrogen and oxygen atoms in total. The maximum absolute atomic E-state index is 13.3. The fourth-order valence-electron chi connectivity index (χ4n) is 4.06. The van der Waals surface area contributed by atoms with Crippen LogP contribution in [0.4, 0.5) is 5.69 Å². The molecular formula is C24H25N3O2S. The van der Waals surface area contributed by atoms with Crippen molar-refractivity contribution < 1.29 is 9.53 Å². The molecule has 1 amide bonds. The zero-order valence-corrected chi connectivity index (χ0v) is 18.7. The Labute approximate surface area is 181 Å². The van der Waals surface area contributed by atoms with E-state index in [1.807, 2.05) is 48.2 Å². The van der Waals surface area contributed by atoms with Crippen LogP contribution in [0.2, 0.25) is 0 Å². The van der Waals surface area contributed by atoms with Crippen LogP contribution in [0, 0.1) is 6.92 Å². The van der Waals surface area contributed by atoms with Gasteiger partial charge in [0.25, 0.3) is 0 Å². The van der Waals surface area contributed by atoms with E-state index in [4.69, 9.17) is 4.74 Å². The van der Waals surface area contributed by atoms with Gasteiger partial charge in [0.05, 0.1) is 29.6 Å². The number of ether oxygens (including phenoxy) is 1. The number of hydrogen-bond donors (Lipinski definition) is 0. The molecule has 30 heavy (non-hydrogen) atoms. The van der Waals surface area contributed by atoms with Crippen LogP contribution in [-0.4, -0.2) is 34.3 Å². The molecule has 2 aromatic carbocycles. The van der Waals surface area contributed by atoms with Crippen molar-refractivity contribution in [1.82, 2.24) is 9.97 Å². The van der Waals surface area contributed by atoms with E-state index in [9.17, 15) is 4.79 Å². The van der Waals surface area contributed by atoms with Crippen molar-refractivity contribution in [2.24, 2.45) is 0 Å². The first-order valence-electron chi connectivity index (χ1n) is 9.87. The third kappa shape index (κ3) is 3.67. The molecule has 6 heteroatoms. The Kier molecular flexibility index (Phi) is 5.28. The average molecular weight is 420 g/mol. The molecule has 0 atom stereocenters. The van der Waals surface area contributed by atoms with Gasteiger partial charge in [0, 0.05) is 16.6 Å². The van der Waals surface area contributed by atoms with Crippen molar-refractivity contribution in [2.45, 2.75) is 38.4 Å². The third-order valence-electron chi connectivity index (χ3n) is 5.36. The molecule has 154 valence electrons. The summed E-state index contributed by atoms with van der Waals surface area (Å²) >= 11 is 1.37. The number of hydrogen-bond acceptors (Lipinski definition) is 5. The number of rotatable bonds is 4. The number of nitrogens with zero attached hydrogens (tertiary/aromatic N) is 3. The topological polar surface area (TPSA) is 55.3 Å². The Bertz CT molecular complexity index is 1170. The van der Waals surface area contributed by atoms with Crippen molar-refractivity contribution in [3.8, 4) is 5.75 Å². The number of methoxy groups -OCH3 is 1. The highest BCUT2D eigenvalue weighted by Gasteiger charge is 2.35. The van der Waals surface area contributed by atoms with Gasteiger partial charge < -0.3 is 9.64 Å². The standard InChI is InChI=1S/C24H25N3O2S/c1-15-13-24(3,4)27(21-9-7-6-8-18(15)21)22(28)14-30-23-25-16(2)19-12-17(29-5)10-11-20(19)26-23/h6-13H,14H2,1-5H3. The molecule has 0 unspecified atom stereocenters. The van der Waals surface area contributed by atoms with Crippen molar-refractivity contribution in [2.75, 3.05) is 17.8 Å². The van der Waals surface area contributed by atoms with Crippen LogP contribution in [0.15, 0.2) is 53.7 Å². The quantitative estimate of drug-likeness (QED) is 0.426. The number of aromatic nitrogens is 2. The summed E-state index contributed by atoms with van der Waals surface area (Å²) in [5.74, 6) is 1.09. The molecule has 2 heterocycles. The van der Waals surface area contributed by atoms with E-state index in [1.54, 1.807) is 7.11 Å². The Morgan fingerprint density at radius 3 is 2.67 bits per heavy atom. The van der Waals surface area contributed by atoms with Gasteiger partial charge in [-0.1, -0.05) is 36.0 Å². The van der Waals surface area contributed by atoms with Gasteiger partial charge in [-0.25, -0.2) is 9.97 Å². The maximum Gasteiger partial charge on any atom is 0.238 e. The summed E-state index contributed by atoms with van der Waals surface area (Å²) in [6.07, 6.45) is 2.15. The Morgan fingerprint density at radius 2 is 1.90 bits per heavy atom. The largest absolute Gasteiger partial charge is 0.497 e. The van der Waals surface area contributed by atoms with Gasteiger partial charge in [0.15, 0.2) is 5.16 Å². The van der Waals surface area contributed by atoms with Crippen LogP contribution in [-0.2, 0) is 4.79 Å². The molecule has 1 aromatic heterocycles. The second-order valence-corrected chi connectivity index (χ2v) is 8.93. The third-order valence-corrected chi connectivity index (χ3v) is 6.19. The number of allylic oxidation sites excluding steroid dienone is 1. The fraction of sp³-hybridized carbons (Fsp3) is 0.292. The number of carbonyl (C=O) groups excluding carboxylic acids is 1. The monoisotopic (exact) mass is 419 g/mol. The molecule has 0 N–H and O–H groups in total. The van der Waals surface area contributed by atoms with Gasteiger partial charge in [-0.05, 0) is 57.5 Å².